The van der Waals surface area contributed by atoms with Crippen molar-refractivity contribution in [1.82, 2.24) is 0 Å². The van der Waals surface area contributed by atoms with Crippen molar-refractivity contribution in [2.45, 2.75) is 38.3 Å². The average Bonchev–Trinajstić information content (AvgIpc) is 2.94. The molecule has 196 valence electrons. The van der Waals surface area contributed by atoms with Gasteiger partial charge in [-0.2, -0.15) is 0 Å². The van der Waals surface area contributed by atoms with Crippen molar-refractivity contribution in [3.8, 4) is 23.0 Å². The number of aromatic hydroxyl groups is 2. The number of aliphatic hydroxyl groups is 2. The molecule has 2 aliphatic heterocycles. The van der Waals surface area contributed by atoms with Crippen LogP contribution < -0.4 is 9.47 Å². The molecule has 0 bridgehead atoms. The maximum absolute atomic E-state index is 10.4. The van der Waals surface area contributed by atoms with Gasteiger partial charge in [-0.25, -0.2) is 0 Å². The van der Waals surface area contributed by atoms with E-state index >= 15 is 0 Å². The van der Waals surface area contributed by atoms with Gasteiger partial charge in [0.2, 0.25) is 0 Å². The highest BCUT2D eigenvalue weighted by molar-refractivity contribution is 5.45. The van der Waals surface area contributed by atoms with Gasteiger partial charge in [0.1, 0.15) is 35.2 Å². The largest absolute Gasteiger partial charge is 0.508 e. The second-order valence-corrected chi connectivity index (χ2v) is 9.95. The van der Waals surface area contributed by atoms with Crippen molar-refractivity contribution >= 4 is 0 Å². The van der Waals surface area contributed by atoms with Crippen LogP contribution in [0.15, 0.2) is 97.1 Å². The van der Waals surface area contributed by atoms with E-state index in [4.69, 9.17) is 9.47 Å². The normalized spacial score (nSPS) is 25.5. The van der Waals surface area contributed by atoms with Crippen LogP contribution in [0, 0.1) is 11.8 Å². The van der Waals surface area contributed by atoms with E-state index in [-0.39, 0.29) is 35.5 Å². The predicted octanol–water partition coefficient (Wildman–Crippen LogP) is 6.39. The van der Waals surface area contributed by atoms with Gasteiger partial charge in [0, 0.05) is 23.0 Å². The quantitative estimate of drug-likeness (QED) is 0.248. The van der Waals surface area contributed by atoms with Crippen LogP contribution in [0.4, 0.5) is 0 Å². The molecule has 0 saturated carbocycles. The van der Waals surface area contributed by atoms with Crippen LogP contribution >= 0.6 is 0 Å². The van der Waals surface area contributed by atoms with Crippen LogP contribution in [-0.4, -0.2) is 20.4 Å². The van der Waals surface area contributed by atoms with Crippen LogP contribution in [0.1, 0.15) is 60.5 Å². The van der Waals surface area contributed by atoms with Crippen LogP contribution in [0.3, 0.4) is 0 Å². The highest BCUT2D eigenvalue weighted by atomic mass is 16.5. The molecule has 0 radical (unpaired) electrons. The Balaban J connectivity index is 0.000000155. The molecule has 0 amide bonds. The Bertz CT molecular complexity index is 1270. The Labute approximate surface area is 222 Å². The Hall–Kier alpha value is -4.00. The van der Waals surface area contributed by atoms with E-state index in [1.807, 2.05) is 74.5 Å². The van der Waals surface area contributed by atoms with Gasteiger partial charge in [0.25, 0.3) is 0 Å². The summed E-state index contributed by atoms with van der Waals surface area (Å²) in [6, 6.07) is 29.5. The SMILES string of the molecule is CC1C(O)c2cc(O)ccc2OC1c1ccccc1.CC1C(O)c2cc(O)ccc2OC1c1ccccc1. The standard InChI is InChI=1S/2C16H16O3/c2*1-10-15(18)13-9-12(17)7-8-14(13)19-16(10)11-5-3-2-4-6-11/h2*2-10,15-18H,1H3. The van der Waals surface area contributed by atoms with Gasteiger partial charge in [-0.15, -0.1) is 0 Å². The summed E-state index contributed by atoms with van der Waals surface area (Å²) in [6.07, 6.45) is -1.62. The highest BCUT2D eigenvalue weighted by Gasteiger charge is 2.36. The molecule has 4 N–H and O–H groups in total. The molecule has 0 spiro atoms. The van der Waals surface area contributed by atoms with Gasteiger partial charge in [-0.1, -0.05) is 74.5 Å². The predicted molar refractivity (Wildman–Crippen MR) is 144 cm³/mol. The Morgan fingerprint density at radius 3 is 1.26 bits per heavy atom. The summed E-state index contributed by atoms with van der Waals surface area (Å²) in [4.78, 5) is 0. The first-order chi connectivity index (χ1) is 18.3. The van der Waals surface area contributed by atoms with Gasteiger partial charge < -0.3 is 29.9 Å². The Morgan fingerprint density at radius 1 is 0.526 bits per heavy atom. The number of phenolic OH excluding ortho intramolecular Hbond substituents is 2. The van der Waals surface area contributed by atoms with Crippen LogP contribution in [0.5, 0.6) is 23.0 Å². The number of benzene rings is 4. The number of hydrogen-bond donors (Lipinski definition) is 4. The van der Waals surface area contributed by atoms with Crippen molar-refractivity contribution in [3.63, 3.8) is 0 Å². The van der Waals surface area contributed by atoms with E-state index in [1.165, 1.54) is 0 Å². The number of rotatable bonds is 2. The fourth-order valence-corrected chi connectivity index (χ4v) is 5.16. The molecule has 6 nitrogen and oxygen atoms in total. The molecule has 6 unspecified atom stereocenters. The molecule has 2 aliphatic rings. The van der Waals surface area contributed by atoms with Crippen LogP contribution in [0.2, 0.25) is 0 Å². The topological polar surface area (TPSA) is 99.4 Å². The van der Waals surface area contributed by atoms with Crippen LogP contribution in [0.25, 0.3) is 0 Å². The van der Waals surface area contributed by atoms with E-state index in [0.717, 1.165) is 11.1 Å². The third kappa shape index (κ3) is 5.05. The van der Waals surface area contributed by atoms with E-state index in [0.29, 0.717) is 22.6 Å². The van der Waals surface area contributed by atoms with Crippen molar-refractivity contribution in [3.05, 3.63) is 119 Å². The van der Waals surface area contributed by atoms with Crippen molar-refractivity contribution in [2.24, 2.45) is 11.8 Å². The first-order valence-corrected chi connectivity index (χ1v) is 12.8. The van der Waals surface area contributed by atoms with Gasteiger partial charge in [-0.3, -0.25) is 0 Å². The molecule has 2 heterocycles. The Kier molecular flexibility index (Phi) is 7.27. The van der Waals surface area contributed by atoms with Gasteiger partial charge >= 0.3 is 0 Å². The van der Waals surface area contributed by atoms with Gasteiger partial charge in [0.05, 0.1) is 12.2 Å². The molecule has 0 saturated heterocycles. The molecule has 0 fully saturated rings. The van der Waals surface area contributed by atoms with E-state index in [2.05, 4.69) is 0 Å². The van der Waals surface area contributed by atoms with Crippen molar-refractivity contribution < 1.29 is 29.9 Å². The minimum Gasteiger partial charge on any atom is -0.508 e. The average molecular weight is 513 g/mol. The second kappa shape index (κ2) is 10.8. The molecule has 4 aromatic carbocycles. The summed E-state index contributed by atoms with van der Waals surface area (Å²) >= 11 is 0. The maximum atomic E-state index is 10.4. The number of ether oxygens (including phenoxy) is 2. The molecule has 4 aromatic rings. The zero-order chi connectivity index (χ0) is 26.8. The molecule has 38 heavy (non-hydrogen) atoms. The summed E-state index contributed by atoms with van der Waals surface area (Å²) in [6.45, 7) is 3.91. The number of fused-ring (bicyclic) bond motifs is 2. The Morgan fingerprint density at radius 2 is 0.895 bits per heavy atom. The van der Waals surface area contributed by atoms with Gasteiger partial charge in [0.15, 0.2) is 0 Å². The first kappa shape index (κ1) is 25.6. The summed E-state index contributed by atoms with van der Waals surface area (Å²) < 4.78 is 12.0. The van der Waals surface area contributed by atoms with E-state index in [9.17, 15) is 20.4 Å². The molecule has 0 aliphatic carbocycles. The molecule has 6 heteroatoms. The highest BCUT2D eigenvalue weighted by Crippen LogP contribution is 2.46. The second-order valence-electron chi connectivity index (χ2n) is 9.95. The monoisotopic (exact) mass is 512 g/mol. The smallest absolute Gasteiger partial charge is 0.129 e. The molecule has 6 rings (SSSR count). The molecular formula is C32H32O6. The van der Waals surface area contributed by atoms with E-state index < -0.39 is 12.2 Å². The summed E-state index contributed by atoms with van der Waals surface area (Å²) in [5.41, 5.74) is 3.40. The fourth-order valence-electron chi connectivity index (χ4n) is 5.16. The summed E-state index contributed by atoms with van der Waals surface area (Å²) in [5.74, 6) is 1.42. The lowest BCUT2D eigenvalue weighted by atomic mass is 9.86. The number of phenols is 2. The third-order valence-corrected chi connectivity index (χ3v) is 7.34. The fraction of sp³-hybridized carbons (Fsp3) is 0.250. The summed E-state index contributed by atoms with van der Waals surface area (Å²) in [7, 11) is 0. The zero-order valence-electron chi connectivity index (χ0n) is 21.3. The lowest BCUT2D eigenvalue weighted by molar-refractivity contribution is 0.00723. The van der Waals surface area contributed by atoms with Crippen molar-refractivity contribution in [1.29, 1.82) is 0 Å². The number of aliphatic hydroxyl groups excluding tert-OH is 2. The van der Waals surface area contributed by atoms with Crippen LogP contribution in [-0.2, 0) is 0 Å². The lowest BCUT2D eigenvalue weighted by Gasteiger charge is -2.35. The molecular weight excluding hydrogens is 480 g/mol. The van der Waals surface area contributed by atoms with Crippen molar-refractivity contribution in [2.75, 3.05) is 0 Å². The minimum atomic E-state index is -0.638. The maximum Gasteiger partial charge on any atom is 0.129 e. The number of hydrogen-bond acceptors (Lipinski definition) is 6. The van der Waals surface area contributed by atoms with E-state index in [1.54, 1.807) is 36.4 Å². The van der Waals surface area contributed by atoms with Gasteiger partial charge in [-0.05, 0) is 47.5 Å². The zero-order valence-corrected chi connectivity index (χ0v) is 21.3. The third-order valence-electron chi connectivity index (χ3n) is 7.34. The summed E-state index contributed by atoms with van der Waals surface area (Å²) in [5, 5.41) is 39.8. The minimum absolute atomic E-state index is 0.0725. The molecule has 0 aromatic heterocycles. The molecule has 6 atom stereocenters. The lowest BCUT2D eigenvalue weighted by Crippen LogP contribution is -2.27. The first-order valence-electron chi connectivity index (χ1n) is 12.8.